The van der Waals surface area contributed by atoms with Crippen LogP contribution in [0.5, 0.6) is 0 Å². The third kappa shape index (κ3) is 8.24. The average Bonchev–Trinajstić information content (AvgIpc) is 1.85. The van der Waals surface area contributed by atoms with Gasteiger partial charge in [-0.2, -0.15) is 0 Å². The van der Waals surface area contributed by atoms with Gasteiger partial charge in [0.2, 0.25) is 0 Å². The van der Waals surface area contributed by atoms with Gasteiger partial charge in [0.15, 0.2) is 5.90 Å². The van der Waals surface area contributed by atoms with Crippen molar-refractivity contribution in [3.63, 3.8) is 0 Å². The molecular formula is C6H13BrClNO. The van der Waals surface area contributed by atoms with Crippen LogP contribution in [-0.4, -0.2) is 17.8 Å². The van der Waals surface area contributed by atoms with Gasteiger partial charge in [-0.15, -0.1) is 12.4 Å². The van der Waals surface area contributed by atoms with Crippen LogP contribution >= 0.6 is 28.3 Å². The van der Waals surface area contributed by atoms with Gasteiger partial charge in [-0.25, -0.2) is 0 Å². The van der Waals surface area contributed by atoms with Crippen LogP contribution < -0.4 is 0 Å². The van der Waals surface area contributed by atoms with Crippen molar-refractivity contribution in [2.24, 2.45) is 0 Å². The third-order valence-electron chi connectivity index (χ3n) is 0.856. The van der Waals surface area contributed by atoms with Crippen LogP contribution in [-0.2, 0) is 4.74 Å². The number of nitrogens with one attached hydrogen (secondary N) is 1. The Hall–Kier alpha value is 0.240. The molecule has 0 amide bonds. The van der Waals surface area contributed by atoms with Crippen LogP contribution in [0, 0.1) is 5.41 Å². The zero-order chi connectivity index (χ0) is 7.11. The predicted molar refractivity (Wildman–Crippen MR) is 49.6 cm³/mol. The Balaban J connectivity index is 0. The molecule has 0 spiro atoms. The van der Waals surface area contributed by atoms with E-state index in [0.717, 1.165) is 18.2 Å². The van der Waals surface area contributed by atoms with Crippen molar-refractivity contribution in [2.75, 3.05) is 11.9 Å². The molecule has 0 aliphatic rings. The van der Waals surface area contributed by atoms with E-state index >= 15 is 0 Å². The van der Waals surface area contributed by atoms with Crippen molar-refractivity contribution in [3.8, 4) is 0 Å². The first-order valence-electron chi connectivity index (χ1n) is 3.07. The fourth-order valence-electron chi connectivity index (χ4n) is 0.474. The molecule has 0 rings (SSSR count). The van der Waals surface area contributed by atoms with Gasteiger partial charge in [0.05, 0.1) is 6.61 Å². The molecule has 1 N–H and O–H groups in total. The summed E-state index contributed by atoms with van der Waals surface area (Å²) in [6, 6.07) is 0. The first-order chi connectivity index (χ1) is 4.31. The Morgan fingerprint density at radius 2 is 2.20 bits per heavy atom. The van der Waals surface area contributed by atoms with Crippen molar-refractivity contribution < 1.29 is 4.74 Å². The molecule has 0 aromatic rings. The fourth-order valence-corrected chi connectivity index (χ4v) is 0.754. The van der Waals surface area contributed by atoms with E-state index in [4.69, 9.17) is 10.1 Å². The number of rotatable bonds is 4. The Morgan fingerprint density at radius 3 is 2.60 bits per heavy atom. The normalized spacial score (nSPS) is 8.20. The molecular weight excluding hydrogens is 217 g/mol. The summed E-state index contributed by atoms with van der Waals surface area (Å²) in [6.45, 7) is 2.50. The lowest BCUT2D eigenvalue weighted by Gasteiger charge is -2.01. The van der Waals surface area contributed by atoms with E-state index < -0.39 is 0 Å². The van der Waals surface area contributed by atoms with Gasteiger partial charge in [-0.1, -0.05) is 15.9 Å². The highest BCUT2D eigenvalue weighted by molar-refractivity contribution is 9.09. The molecule has 0 radical (unpaired) electrons. The molecule has 0 bridgehead atoms. The van der Waals surface area contributed by atoms with E-state index in [2.05, 4.69) is 15.9 Å². The first kappa shape index (κ1) is 12.9. The maximum atomic E-state index is 7.15. The molecule has 62 valence electrons. The van der Waals surface area contributed by atoms with Crippen LogP contribution in [0.15, 0.2) is 0 Å². The van der Waals surface area contributed by atoms with E-state index in [9.17, 15) is 0 Å². The minimum absolute atomic E-state index is 0. The smallest absolute Gasteiger partial charge is 0.180 e. The van der Waals surface area contributed by atoms with Crippen LogP contribution in [0.1, 0.15) is 19.8 Å². The molecule has 0 saturated carbocycles. The number of halogens is 2. The van der Waals surface area contributed by atoms with Gasteiger partial charge in [0.1, 0.15) is 0 Å². The Morgan fingerprint density at radius 1 is 1.60 bits per heavy atom. The van der Waals surface area contributed by atoms with Gasteiger partial charge in [-0.05, 0) is 13.3 Å². The lowest BCUT2D eigenvalue weighted by molar-refractivity contribution is 0.314. The molecule has 0 fully saturated rings. The predicted octanol–water partition coefficient (Wildman–Crippen LogP) is 2.60. The van der Waals surface area contributed by atoms with Crippen LogP contribution in [0.25, 0.3) is 0 Å². The second kappa shape index (κ2) is 9.24. The van der Waals surface area contributed by atoms with Gasteiger partial charge in [0.25, 0.3) is 0 Å². The molecule has 0 aromatic carbocycles. The highest BCUT2D eigenvalue weighted by Gasteiger charge is 1.93. The van der Waals surface area contributed by atoms with Crippen molar-refractivity contribution in [1.82, 2.24) is 0 Å². The maximum Gasteiger partial charge on any atom is 0.180 e. The summed E-state index contributed by atoms with van der Waals surface area (Å²) < 4.78 is 4.91. The van der Waals surface area contributed by atoms with Gasteiger partial charge >= 0.3 is 0 Å². The minimum atomic E-state index is 0. The fraction of sp³-hybridized carbons (Fsp3) is 0.833. The van der Waals surface area contributed by atoms with E-state index in [1.807, 2.05) is 6.92 Å². The molecule has 0 aromatic heterocycles. The number of hydrogen-bond acceptors (Lipinski definition) is 2. The average molecular weight is 231 g/mol. The standard InChI is InChI=1S/C6H12BrNO.ClH/c1-2-9-6(8)4-3-5-7;/h8H,2-5H2,1H3;1H. The molecule has 10 heavy (non-hydrogen) atoms. The maximum absolute atomic E-state index is 7.15. The van der Waals surface area contributed by atoms with Crippen LogP contribution in [0.2, 0.25) is 0 Å². The number of alkyl halides is 1. The second-order valence-corrected chi connectivity index (χ2v) is 2.44. The van der Waals surface area contributed by atoms with E-state index in [1.54, 1.807) is 0 Å². The van der Waals surface area contributed by atoms with Gasteiger partial charge < -0.3 is 4.74 Å². The monoisotopic (exact) mass is 229 g/mol. The van der Waals surface area contributed by atoms with E-state index in [-0.39, 0.29) is 12.4 Å². The summed E-state index contributed by atoms with van der Waals surface area (Å²) in [6.07, 6.45) is 1.73. The van der Waals surface area contributed by atoms with Gasteiger partial charge in [0, 0.05) is 11.8 Å². The Kier molecular flexibility index (Phi) is 11.9. The molecule has 0 unspecified atom stereocenters. The SMILES string of the molecule is CCOC(=N)CCCBr.Cl. The first-order valence-corrected chi connectivity index (χ1v) is 4.19. The summed E-state index contributed by atoms with van der Waals surface area (Å²) >= 11 is 3.28. The molecule has 4 heteroatoms. The summed E-state index contributed by atoms with van der Waals surface area (Å²) in [5.74, 6) is 0.400. The molecule has 0 heterocycles. The summed E-state index contributed by atoms with van der Waals surface area (Å²) in [5, 5.41) is 8.10. The third-order valence-corrected chi connectivity index (χ3v) is 1.42. The van der Waals surface area contributed by atoms with Crippen LogP contribution in [0.4, 0.5) is 0 Å². The molecule has 0 atom stereocenters. The number of ether oxygens (including phenoxy) is 1. The zero-order valence-corrected chi connectivity index (χ0v) is 8.43. The van der Waals surface area contributed by atoms with Crippen molar-refractivity contribution in [1.29, 1.82) is 5.41 Å². The molecule has 0 saturated heterocycles. The lowest BCUT2D eigenvalue weighted by atomic mass is 10.3. The second-order valence-electron chi connectivity index (χ2n) is 1.65. The Labute approximate surface area is 76.4 Å². The van der Waals surface area contributed by atoms with Crippen LogP contribution in [0.3, 0.4) is 0 Å². The highest BCUT2D eigenvalue weighted by atomic mass is 79.9. The largest absolute Gasteiger partial charge is 0.481 e. The highest BCUT2D eigenvalue weighted by Crippen LogP contribution is 1.95. The minimum Gasteiger partial charge on any atom is -0.481 e. The lowest BCUT2D eigenvalue weighted by Crippen LogP contribution is -2.02. The van der Waals surface area contributed by atoms with Gasteiger partial charge in [-0.3, -0.25) is 5.41 Å². The van der Waals surface area contributed by atoms with Crippen molar-refractivity contribution in [2.45, 2.75) is 19.8 Å². The molecule has 2 nitrogen and oxygen atoms in total. The van der Waals surface area contributed by atoms with Crippen molar-refractivity contribution >= 4 is 34.2 Å². The topological polar surface area (TPSA) is 33.1 Å². The van der Waals surface area contributed by atoms with Crippen molar-refractivity contribution in [3.05, 3.63) is 0 Å². The summed E-state index contributed by atoms with van der Waals surface area (Å²) in [4.78, 5) is 0. The summed E-state index contributed by atoms with van der Waals surface area (Å²) in [5.41, 5.74) is 0. The Bertz CT molecular complexity index is 89.8. The number of hydrogen-bond donors (Lipinski definition) is 1. The molecule has 0 aliphatic carbocycles. The van der Waals surface area contributed by atoms with E-state index in [0.29, 0.717) is 12.5 Å². The summed E-state index contributed by atoms with van der Waals surface area (Å²) in [7, 11) is 0. The quantitative estimate of drug-likeness (QED) is 0.449. The van der Waals surface area contributed by atoms with E-state index in [1.165, 1.54) is 0 Å². The molecule has 0 aliphatic heterocycles. The zero-order valence-electron chi connectivity index (χ0n) is 6.02.